The van der Waals surface area contributed by atoms with Crippen molar-refractivity contribution in [2.75, 3.05) is 5.32 Å². The number of hydrogen-bond acceptors (Lipinski definition) is 4. The number of ether oxygens (including phenoxy) is 1. The van der Waals surface area contributed by atoms with Crippen molar-refractivity contribution >= 4 is 11.5 Å². The molecule has 0 radical (unpaired) electrons. The molecule has 134 valence electrons. The van der Waals surface area contributed by atoms with E-state index in [2.05, 4.69) is 15.3 Å². The second kappa shape index (κ2) is 7.43. The van der Waals surface area contributed by atoms with Gasteiger partial charge in [0.25, 0.3) is 0 Å². The van der Waals surface area contributed by atoms with Crippen LogP contribution in [-0.2, 0) is 12.8 Å². The number of aromatic nitrogens is 2. The van der Waals surface area contributed by atoms with Gasteiger partial charge in [0.2, 0.25) is 0 Å². The van der Waals surface area contributed by atoms with Crippen molar-refractivity contribution in [3.8, 4) is 6.01 Å². The predicted octanol–water partition coefficient (Wildman–Crippen LogP) is 5.13. The van der Waals surface area contributed by atoms with E-state index in [-0.39, 0.29) is 18.4 Å². The van der Waals surface area contributed by atoms with Gasteiger partial charge in [0.15, 0.2) is 0 Å². The van der Waals surface area contributed by atoms with E-state index in [0.717, 1.165) is 17.3 Å². The zero-order valence-corrected chi connectivity index (χ0v) is 13.9. The van der Waals surface area contributed by atoms with Crippen molar-refractivity contribution in [3.63, 3.8) is 0 Å². The molecule has 3 aromatic rings. The second-order valence-electron chi connectivity index (χ2n) is 5.68. The van der Waals surface area contributed by atoms with Gasteiger partial charge in [-0.05, 0) is 24.6 Å². The highest BCUT2D eigenvalue weighted by atomic mass is 19.4. The van der Waals surface area contributed by atoms with E-state index in [9.17, 15) is 13.2 Å². The summed E-state index contributed by atoms with van der Waals surface area (Å²) in [6.07, 6.45) is -3.85. The molecule has 0 saturated carbocycles. The molecule has 4 nitrogen and oxygen atoms in total. The summed E-state index contributed by atoms with van der Waals surface area (Å²) in [5.74, 6) is -0.348. The monoisotopic (exact) mass is 359 g/mol. The number of alkyl halides is 3. The second-order valence-corrected chi connectivity index (χ2v) is 5.68. The number of benzene rings is 2. The quantitative estimate of drug-likeness (QED) is 0.686. The number of rotatable bonds is 5. The lowest BCUT2D eigenvalue weighted by Gasteiger charge is -2.14. The molecular formula is C19H16F3N3O. The smallest absolute Gasteiger partial charge is 0.421 e. The van der Waals surface area contributed by atoms with Gasteiger partial charge in [0.05, 0.1) is 0 Å². The summed E-state index contributed by atoms with van der Waals surface area (Å²) in [5.41, 5.74) is 1.41. The summed E-state index contributed by atoms with van der Waals surface area (Å²) in [7, 11) is 0. The zero-order valence-electron chi connectivity index (χ0n) is 13.9. The Balaban J connectivity index is 1.85. The van der Waals surface area contributed by atoms with Crippen molar-refractivity contribution < 1.29 is 17.9 Å². The summed E-state index contributed by atoms with van der Waals surface area (Å²) in [6.45, 7) is 2.06. The van der Waals surface area contributed by atoms with Crippen molar-refractivity contribution in [2.45, 2.75) is 19.7 Å². The minimum atomic E-state index is -4.58. The Morgan fingerprint density at radius 2 is 1.69 bits per heavy atom. The van der Waals surface area contributed by atoms with Crippen LogP contribution >= 0.6 is 0 Å². The summed E-state index contributed by atoms with van der Waals surface area (Å²) in [5, 5.41) is 2.69. The molecule has 0 atom stereocenters. The SMILES string of the molecule is Cc1ccc(Nc2nc(OCc3ccccc3)ncc2C(F)(F)F)cc1. The molecule has 7 heteroatoms. The van der Waals surface area contributed by atoms with Crippen LogP contribution in [0.3, 0.4) is 0 Å². The first-order chi connectivity index (χ1) is 12.4. The Labute approximate surface area is 148 Å². The standard InChI is InChI=1S/C19H16F3N3O/c1-13-7-9-15(10-8-13)24-17-16(19(20,21)22)11-23-18(25-17)26-12-14-5-3-2-4-6-14/h2-11H,12H2,1H3,(H,23,24,25). The predicted molar refractivity (Wildman–Crippen MR) is 92.3 cm³/mol. The van der Waals surface area contributed by atoms with E-state index < -0.39 is 11.7 Å². The van der Waals surface area contributed by atoms with Gasteiger partial charge in [-0.25, -0.2) is 4.98 Å². The Morgan fingerprint density at radius 1 is 1.00 bits per heavy atom. The number of nitrogens with zero attached hydrogens (tertiary/aromatic N) is 2. The average molecular weight is 359 g/mol. The molecular weight excluding hydrogens is 343 g/mol. The maximum absolute atomic E-state index is 13.2. The molecule has 1 heterocycles. The Kier molecular flexibility index (Phi) is 5.06. The molecule has 0 aliphatic rings. The summed E-state index contributed by atoms with van der Waals surface area (Å²) < 4.78 is 45.1. The number of aryl methyl sites for hydroxylation is 1. The first-order valence-corrected chi connectivity index (χ1v) is 7.86. The topological polar surface area (TPSA) is 47.0 Å². The Bertz CT molecular complexity index is 865. The minimum absolute atomic E-state index is 0.128. The molecule has 1 aromatic heterocycles. The molecule has 0 spiro atoms. The third-order valence-electron chi connectivity index (χ3n) is 3.60. The van der Waals surface area contributed by atoms with Crippen LogP contribution in [0.15, 0.2) is 60.8 Å². The van der Waals surface area contributed by atoms with Crippen LogP contribution in [0.1, 0.15) is 16.7 Å². The van der Waals surface area contributed by atoms with Gasteiger partial charge < -0.3 is 10.1 Å². The molecule has 26 heavy (non-hydrogen) atoms. The number of hydrogen-bond donors (Lipinski definition) is 1. The minimum Gasteiger partial charge on any atom is -0.459 e. The highest BCUT2D eigenvalue weighted by molar-refractivity contribution is 5.60. The normalized spacial score (nSPS) is 11.2. The molecule has 0 fully saturated rings. The van der Waals surface area contributed by atoms with Gasteiger partial charge in [0.1, 0.15) is 18.0 Å². The molecule has 0 unspecified atom stereocenters. The van der Waals surface area contributed by atoms with Crippen LogP contribution < -0.4 is 10.1 Å². The molecule has 2 aromatic carbocycles. The maximum Gasteiger partial charge on any atom is 0.421 e. The summed E-state index contributed by atoms with van der Waals surface area (Å²) in [4.78, 5) is 7.59. The summed E-state index contributed by atoms with van der Waals surface area (Å²) in [6, 6.07) is 16.1. The van der Waals surface area contributed by atoms with E-state index in [1.807, 2.05) is 37.3 Å². The summed E-state index contributed by atoms with van der Waals surface area (Å²) >= 11 is 0. The molecule has 0 aliphatic heterocycles. The van der Waals surface area contributed by atoms with Gasteiger partial charge in [-0.3, -0.25) is 0 Å². The van der Waals surface area contributed by atoms with Gasteiger partial charge >= 0.3 is 12.2 Å². The Morgan fingerprint density at radius 3 is 2.35 bits per heavy atom. The van der Waals surface area contributed by atoms with E-state index in [4.69, 9.17) is 4.74 Å². The number of halogens is 3. The first-order valence-electron chi connectivity index (χ1n) is 7.86. The van der Waals surface area contributed by atoms with Gasteiger partial charge in [0, 0.05) is 11.9 Å². The highest BCUT2D eigenvalue weighted by Crippen LogP contribution is 2.35. The number of nitrogens with one attached hydrogen (secondary N) is 1. The maximum atomic E-state index is 13.2. The van der Waals surface area contributed by atoms with Crippen molar-refractivity contribution in [1.29, 1.82) is 0 Å². The van der Waals surface area contributed by atoms with E-state index >= 15 is 0 Å². The van der Waals surface area contributed by atoms with E-state index in [0.29, 0.717) is 5.69 Å². The van der Waals surface area contributed by atoms with E-state index in [1.54, 1.807) is 24.3 Å². The zero-order chi connectivity index (χ0) is 18.6. The van der Waals surface area contributed by atoms with Crippen LogP contribution in [0.2, 0.25) is 0 Å². The van der Waals surface area contributed by atoms with Crippen molar-refractivity contribution in [2.24, 2.45) is 0 Å². The lowest BCUT2D eigenvalue weighted by Crippen LogP contribution is -2.12. The fourth-order valence-corrected chi connectivity index (χ4v) is 2.23. The third kappa shape index (κ3) is 4.50. The third-order valence-corrected chi connectivity index (χ3v) is 3.60. The van der Waals surface area contributed by atoms with Crippen LogP contribution in [0, 0.1) is 6.92 Å². The van der Waals surface area contributed by atoms with Crippen LogP contribution in [-0.4, -0.2) is 9.97 Å². The lowest BCUT2D eigenvalue weighted by atomic mass is 10.2. The largest absolute Gasteiger partial charge is 0.459 e. The fraction of sp³-hybridized carbons (Fsp3) is 0.158. The fourth-order valence-electron chi connectivity index (χ4n) is 2.23. The van der Waals surface area contributed by atoms with Crippen molar-refractivity contribution in [1.82, 2.24) is 9.97 Å². The molecule has 3 rings (SSSR count). The molecule has 0 bridgehead atoms. The lowest BCUT2D eigenvalue weighted by molar-refractivity contribution is -0.137. The van der Waals surface area contributed by atoms with Crippen LogP contribution in [0.25, 0.3) is 0 Å². The first kappa shape index (κ1) is 17.7. The molecule has 1 N–H and O–H groups in total. The molecule has 0 saturated heterocycles. The molecule has 0 aliphatic carbocycles. The highest BCUT2D eigenvalue weighted by Gasteiger charge is 2.35. The molecule has 0 amide bonds. The van der Waals surface area contributed by atoms with Crippen molar-refractivity contribution in [3.05, 3.63) is 77.5 Å². The average Bonchev–Trinajstić information content (AvgIpc) is 2.62. The van der Waals surface area contributed by atoms with Crippen LogP contribution in [0.5, 0.6) is 6.01 Å². The van der Waals surface area contributed by atoms with Gasteiger partial charge in [-0.15, -0.1) is 0 Å². The number of anilines is 2. The van der Waals surface area contributed by atoms with E-state index in [1.165, 1.54) is 0 Å². The van der Waals surface area contributed by atoms with Gasteiger partial charge in [-0.2, -0.15) is 18.2 Å². The Hall–Kier alpha value is -3.09. The van der Waals surface area contributed by atoms with Crippen LogP contribution in [0.4, 0.5) is 24.7 Å². The van der Waals surface area contributed by atoms with Gasteiger partial charge in [-0.1, -0.05) is 48.0 Å².